The molecule has 0 unspecified atom stereocenters. The van der Waals surface area contributed by atoms with Crippen molar-refractivity contribution in [3.8, 4) is 11.6 Å². The number of para-hydroxylation sites is 1. The number of fused-ring (bicyclic) bond motifs is 1. The highest BCUT2D eigenvalue weighted by atomic mass is 79.9. The van der Waals surface area contributed by atoms with Crippen LogP contribution in [0.1, 0.15) is 5.56 Å². The molecule has 0 aliphatic rings. The smallest absolute Gasteiger partial charge is 0.276 e. The largest absolute Gasteiger partial charge is 0.494 e. The average Bonchev–Trinajstić information content (AvgIpc) is 2.77. The Morgan fingerprint density at radius 2 is 1.59 bits per heavy atom. The lowest BCUT2D eigenvalue weighted by Gasteiger charge is -2.14. The van der Waals surface area contributed by atoms with Crippen LogP contribution in [0.15, 0.2) is 92.1 Å². The molecule has 3 aromatic carbocycles. The molecule has 1 aromatic heterocycles. The fourth-order valence-corrected chi connectivity index (χ4v) is 4.45. The molecular weight excluding hydrogens is 518 g/mol. The van der Waals surface area contributed by atoms with Gasteiger partial charge in [0.05, 0.1) is 27.4 Å². The van der Waals surface area contributed by atoms with E-state index in [2.05, 4.69) is 25.9 Å². The third-order valence-electron chi connectivity index (χ3n) is 4.69. The van der Waals surface area contributed by atoms with E-state index in [9.17, 15) is 18.3 Å². The molecular formula is C22H15BrClN3O4S. The van der Waals surface area contributed by atoms with Crippen LogP contribution in [0.4, 0.5) is 0 Å². The fraction of sp³-hybridized carbons (Fsp3) is 0. The Hall–Kier alpha value is -3.14. The molecule has 162 valence electrons. The third-order valence-corrected chi connectivity index (χ3v) is 6.77. The third kappa shape index (κ3) is 4.14. The second-order valence-corrected chi connectivity index (χ2v) is 9.67. The fourth-order valence-electron chi connectivity index (χ4n) is 3.17. The van der Waals surface area contributed by atoms with Crippen LogP contribution in [0.25, 0.3) is 16.5 Å². The van der Waals surface area contributed by atoms with E-state index in [1.165, 1.54) is 12.1 Å². The quantitative estimate of drug-likeness (QED) is 0.293. The number of nitrogens with one attached hydrogen (secondary N) is 1. The summed E-state index contributed by atoms with van der Waals surface area (Å²) in [6.45, 7) is 0. The van der Waals surface area contributed by atoms with E-state index in [4.69, 9.17) is 11.6 Å². The van der Waals surface area contributed by atoms with Crippen LogP contribution >= 0.6 is 27.5 Å². The minimum Gasteiger partial charge on any atom is -0.494 e. The predicted molar refractivity (Wildman–Crippen MR) is 128 cm³/mol. The lowest BCUT2D eigenvalue weighted by molar-refractivity contribution is 0.436. The number of nitrogens with zero attached hydrogens (tertiary/aromatic N) is 2. The van der Waals surface area contributed by atoms with Gasteiger partial charge in [-0.3, -0.25) is 4.79 Å². The maximum absolute atomic E-state index is 13.1. The summed E-state index contributed by atoms with van der Waals surface area (Å²) in [5, 5.41) is 15.8. The summed E-state index contributed by atoms with van der Waals surface area (Å²) in [6.07, 6.45) is 1.15. The minimum atomic E-state index is -3.93. The Bertz CT molecular complexity index is 1520. The van der Waals surface area contributed by atoms with E-state index < -0.39 is 21.5 Å². The number of aromatic nitrogens is 1. The SMILES string of the molecule is O=c1c2ccccc2c(C=NNS(=O)(=O)c2ccc(Br)cc2)c(O)n1-c1ccccc1Cl. The number of hydrogen-bond donors (Lipinski definition) is 2. The Labute approximate surface area is 196 Å². The maximum atomic E-state index is 13.1. The van der Waals surface area contributed by atoms with Crippen LogP contribution < -0.4 is 10.4 Å². The van der Waals surface area contributed by atoms with Gasteiger partial charge in [0.15, 0.2) is 0 Å². The molecule has 0 aliphatic carbocycles. The molecule has 2 N–H and O–H groups in total. The Kier molecular flexibility index (Phi) is 6.05. The number of sulfonamides is 1. The van der Waals surface area contributed by atoms with Crippen molar-refractivity contribution in [1.29, 1.82) is 0 Å². The van der Waals surface area contributed by atoms with Gasteiger partial charge in [-0.1, -0.05) is 57.9 Å². The normalized spacial score (nSPS) is 11.8. The number of rotatable bonds is 5. The molecule has 0 fully saturated rings. The van der Waals surface area contributed by atoms with Gasteiger partial charge in [0.2, 0.25) is 5.88 Å². The van der Waals surface area contributed by atoms with Crippen molar-refractivity contribution in [3.05, 3.63) is 98.2 Å². The Morgan fingerprint density at radius 3 is 2.28 bits per heavy atom. The van der Waals surface area contributed by atoms with Crippen LogP contribution in [-0.4, -0.2) is 24.3 Å². The predicted octanol–water partition coefficient (Wildman–Crippen LogP) is 4.42. The molecule has 0 saturated carbocycles. The lowest BCUT2D eigenvalue weighted by atomic mass is 10.1. The molecule has 0 atom stereocenters. The van der Waals surface area contributed by atoms with Gasteiger partial charge in [0.1, 0.15) is 0 Å². The molecule has 4 aromatic rings. The van der Waals surface area contributed by atoms with Gasteiger partial charge in [-0.2, -0.15) is 13.5 Å². The molecule has 1 heterocycles. The highest BCUT2D eigenvalue weighted by Crippen LogP contribution is 2.28. The van der Waals surface area contributed by atoms with E-state index in [-0.39, 0.29) is 21.2 Å². The summed E-state index contributed by atoms with van der Waals surface area (Å²) in [6, 6.07) is 19.2. The molecule has 0 aliphatic heterocycles. The molecule has 0 amide bonds. The first kappa shape index (κ1) is 22.1. The van der Waals surface area contributed by atoms with E-state index in [0.717, 1.165) is 15.3 Å². The van der Waals surface area contributed by atoms with Gasteiger partial charge in [-0.15, -0.1) is 0 Å². The van der Waals surface area contributed by atoms with Crippen molar-refractivity contribution in [2.75, 3.05) is 0 Å². The van der Waals surface area contributed by atoms with E-state index in [0.29, 0.717) is 10.8 Å². The van der Waals surface area contributed by atoms with E-state index in [1.54, 1.807) is 60.7 Å². The highest BCUT2D eigenvalue weighted by Gasteiger charge is 2.18. The summed E-state index contributed by atoms with van der Waals surface area (Å²) in [4.78, 5) is 15.2. The van der Waals surface area contributed by atoms with Crippen molar-refractivity contribution in [2.24, 2.45) is 5.10 Å². The summed E-state index contributed by atoms with van der Waals surface area (Å²) >= 11 is 9.50. The molecule has 32 heavy (non-hydrogen) atoms. The van der Waals surface area contributed by atoms with Crippen molar-refractivity contribution in [2.45, 2.75) is 4.90 Å². The standard InChI is InChI=1S/C22H15BrClN3O4S/c23-14-9-11-15(12-10-14)32(30,31)26-25-13-18-16-5-1-2-6-17(16)21(28)27(22(18)29)20-8-4-3-7-19(20)24/h1-13,26,29H. The van der Waals surface area contributed by atoms with Gasteiger partial charge in [-0.25, -0.2) is 9.40 Å². The van der Waals surface area contributed by atoms with Crippen LogP contribution in [-0.2, 0) is 10.0 Å². The molecule has 0 saturated heterocycles. The van der Waals surface area contributed by atoms with Crippen molar-refractivity contribution in [3.63, 3.8) is 0 Å². The molecule has 7 nitrogen and oxygen atoms in total. The number of pyridine rings is 1. The summed E-state index contributed by atoms with van der Waals surface area (Å²) in [5.41, 5.74) is -0.0371. The maximum Gasteiger partial charge on any atom is 0.276 e. The first-order chi connectivity index (χ1) is 15.3. The van der Waals surface area contributed by atoms with Gasteiger partial charge in [0, 0.05) is 15.2 Å². The lowest BCUT2D eigenvalue weighted by Crippen LogP contribution is -2.21. The number of hydrogen-bond acceptors (Lipinski definition) is 5. The van der Waals surface area contributed by atoms with Gasteiger partial charge >= 0.3 is 0 Å². The topological polar surface area (TPSA) is 101 Å². The van der Waals surface area contributed by atoms with Crippen LogP contribution in [0.5, 0.6) is 5.88 Å². The molecule has 0 bridgehead atoms. The van der Waals surface area contributed by atoms with Gasteiger partial charge < -0.3 is 5.11 Å². The minimum absolute atomic E-state index is 0.0213. The summed E-state index contributed by atoms with van der Waals surface area (Å²) in [5.74, 6) is -0.423. The zero-order valence-corrected chi connectivity index (χ0v) is 19.4. The molecule has 4 rings (SSSR count). The van der Waals surface area contributed by atoms with Crippen LogP contribution in [0.3, 0.4) is 0 Å². The zero-order valence-electron chi connectivity index (χ0n) is 16.2. The zero-order chi connectivity index (χ0) is 22.9. The first-order valence-electron chi connectivity index (χ1n) is 9.21. The van der Waals surface area contributed by atoms with E-state index in [1.807, 2.05) is 0 Å². The number of hydrazone groups is 1. The molecule has 10 heteroatoms. The van der Waals surface area contributed by atoms with Gasteiger partial charge in [-0.05, 0) is 42.5 Å². The first-order valence-corrected chi connectivity index (χ1v) is 11.9. The summed E-state index contributed by atoms with van der Waals surface area (Å²) in [7, 11) is -3.93. The summed E-state index contributed by atoms with van der Waals surface area (Å²) < 4.78 is 26.8. The Balaban J connectivity index is 1.83. The number of benzene rings is 3. The van der Waals surface area contributed by atoms with E-state index >= 15 is 0 Å². The van der Waals surface area contributed by atoms with Crippen molar-refractivity contribution in [1.82, 2.24) is 9.40 Å². The molecule has 0 radical (unpaired) electrons. The molecule has 0 spiro atoms. The number of halogens is 2. The van der Waals surface area contributed by atoms with Crippen molar-refractivity contribution >= 4 is 54.5 Å². The van der Waals surface area contributed by atoms with Crippen LogP contribution in [0, 0.1) is 0 Å². The second kappa shape index (κ2) is 8.78. The Morgan fingerprint density at radius 1 is 0.969 bits per heavy atom. The highest BCUT2D eigenvalue weighted by molar-refractivity contribution is 9.10. The number of aromatic hydroxyl groups is 1. The average molecular weight is 533 g/mol. The monoisotopic (exact) mass is 531 g/mol. The van der Waals surface area contributed by atoms with Crippen LogP contribution in [0.2, 0.25) is 5.02 Å². The second-order valence-electron chi connectivity index (χ2n) is 6.68. The van der Waals surface area contributed by atoms with Gasteiger partial charge in [0.25, 0.3) is 15.6 Å². The van der Waals surface area contributed by atoms with Crippen molar-refractivity contribution < 1.29 is 13.5 Å².